The van der Waals surface area contributed by atoms with Crippen LogP contribution in [0.25, 0.3) is 0 Å². The number of carbonyl (C=O) groups is 1. The summed E-state index contributed by atoms with van der Waals surface area (Å²) in [6.07, 6.45) is -2.94. The fourth-order valence-corrected chi connectivity index (χ4v) is 2.23. The van der Waals surface area contributed by atoms with Gasteiger partial charge in [0.1, 0.15) is 18.3 Å². The number of aliphatic hydroxyl groups excluding tert-OH is 3. The van der Waals surface area contributed by atoms with Gasteiger partial charge in [-0.25, -0.2) is 4.79 Å². The van der Waals surface area contributed by atoms with Crippen LogP contribution in [0.4, 0.5) is 4.79 Å². The molecule has 0 aromatic carbocycles. The molecule has 4 atom stereocenters. The largest absolute Gasteiger partial charge is 0.394 e. The molecule has 0 spiro atoms. The second kappa shape index (κ2) is 3.80. The number of carbonyl (C=O) groups excluding carboxylic acids is 1. The van der Waals surface area contributed by atoms with Crippen molar-refractivity contribution in [2.75, 3.05) is 13.2 Å². The van der Waals surface area contributed by atoms with Crippen LogP contribution < -0.4 is 0 Å². The molecule has 0 aromatic rings. The molecule has 3 aliphatic rings. The number of hydrogen-bond donors (Lipinski definition) is 4. The molecule has 2 amide bonds. The number of aliphatic hydroxyl groups is 3. The van der Waals surface area contributed by atoms with Crippen molar-refractivity contribution in [2.45, 2.75) is 24.5 Å². The van der Waals surface area contributed by atoms with Gasteiger partial charge >= 0.3 is 6.03 Å². The number of rotatable bonds is 2. The maximum absolute atomic E-state index is 11.9. The molecule has 0 saturated carbocycles. The highest BCUT2D eigenvalue weighted by atomic mass is 16.6. The van der Waals surface area contributed by atoms with Gasteiger partial charge < -0.3 is 20.1 Å². The summed E-state index contributed by atoms with van der Waals surface area (Å²) in [5, 5.41) is 39.3. The number of hydrazine groups is 1. The molecule has 2 saturated heterocycles. The average Bonchev–Trinajstić information content (AvgIpc) is 2.94. The quantitative estimate of drug-likeness (QED) is 0.409. The molecule has 0 aromatic heterocycles. The van der Waals surface area contributed by atoms with Gasteiger partial charge in [-0.15, -0.1) is 5.17 Å². The third-order valence-corrected chi connectivity index (χ3v) is 3.29. The molecule has 4 N–H and O–H groups in total. The Labute approximate surface area is 102 Å². The minimum Gasteiger partial charge on any atom is -0.394 e. The molecule has 0 bridgehead atoms. The van der Waals surface area contributed by atoms with Gasteiger partial charge in [0.05, 0.1) is 6.61 Å². The number of urea groups is 1. The van der Waals surface area contributed by atoms with Crippen molar-refractivity contribution in [1.82, 2.24) is 15.1 Å². The normalized spacial score (nSPS) is 39.0. The van der Waals surface area contributed by atoms with Crippen molar-refractivity contribution in [3.63, 3.8) is 0 Å². The van der Waals surface area contributed by atoms with Gasteiger partial charge in [0, 0.05) is 6.54 Å². The maximum Gasteiger partial charge on any atom is 0.349 e. The average molecular weight is 259 g/mol. The highest BCUT2D eigenvalue weighted by Gasteiger charge is 2.53. The highest BCUT2D eigenvalue weighted by molar-refractivity contribution is 5.80. The van der Waals surface area contributed by atoms with Gasteiger partial charge in [-0.05, 0) is 6.08 Å². The lowest BCUT2D eigenvalue weighted by Gasteiger charge is -2.29. The maximum atomic E-state index is 11.9. The van der Waals surface area contributed by atoms with E-state index in [4.69, 9.17) is 9.84 Å². The predicted molar refractivity (Wildman–Crippen MR) is 53.4 cm³/mol. The lowest BCUT2D eigenvalue weighted by atomic mass is 10.1. The first-order chi connectivity index (χ1) is 8.56. The molecule has 0 unspecified atom stereocenters. The first kappa shape index (κ1) is 11.7. The Morgan fingerprint density at radius 2 is 2.11 bits per heavy atom. The Kier molecular flexibility index (Phi) is 2.47. The second-order valence-electron chi connectivity index (χ2n) is 4.33. The minimum atomic E-state index is -1.30. The van der Waals surface area contributed by atoms with Crippen LogP contribution in [0.15, 0.2) is 11.9 Å². The monoisotopic (exact) mass is 259 g/mol. The van der Waals surface area contributed by atoms with E-state index in [0.29, 0.717) is 11.0 Å². The summed E-state index contributed by atoms with van der Waals surface area (Å²) in [5.74, 6) is 0.378. The third kappa shape index (κ3) is 1.42. The number of amides is 2. The van der Waals surface area contributed by atoms with Crippen LogP contribution in [0.2, 0.25) is 0 Å². The molecular formula is C9H13N3O6. The summed E-state index contributed by atoms with van der Waals surface area (Å²) in [5.41, 5.74) is 0. The molecule has 2 fully saturated rings. The minimum absolute atomic E-state index is 0.147. The van der Waals surface area contributed by atoms with Gasteiger partial charge in [0.15, 0.2) is 12.0 Å². The van der Waals surface area contributed by atoms with Crippen molar-refractivity contribution in [1.29, 1.82) is 0 Å². The highest BCUT2D eigenvalue weighted by Crippen LogP contribution is 2.35. The van der Waals surface area contributed by atoms with Gasteiger partial charge in [0.2, 0.25) is 0 Å². The van der Waals surface area contributed by atoms with E-state index in [2.05, 4.69) is 0 Å². The second-order valence-corrected chi connectivity index (χ2v) is 4.33. The molecule has 9 heteroatoms. The summed E-state index contributed by atoms with van der Waals surface area (Å²) in [4.78, 5) is 13.1. The Morgan fingerprint density at radius 3 is 2.72 bits per heavy atom. The van der Waals surface area contributed by atoms with Gasteiger partial charge in [0.25, 0.3) is 0 Å². The van der Waals surface area contributed by atoms with Crippen LogP contribution in [-0.4, -0.2) is 79.3 Å². The molecule has 100 valence electrons. The van der Waals surface area contributed by atoms with Crippen LogP contribution in [0, 0.1) is 0 Å². The number of nitrogens with zero attached hydrogens (tertiary/aromatic N) is 3. The Morgan fingerprint density at radius 1 is 1.39 bits per heavy atom. The van der Waals surface area contributed by atoms with E-state index in [-0.39, 0.29) is 6.54 Å². The van der Waals surface area contributed by atoms with Gasteiger partial charge in [-0.1, -0.05) is 0 Å². The zero-order chi connectivity index (χ0) is 13.0. The summed E-state index contributed by atoms with van der Waals surface area (Å²) in [6, 6.07) is -0.551. The van der Waals surface area contributed by atoms with E-state index >= 15 is 0 Å². The first-order valence-corrected chi connectivity index (χ1v) is 5.48. The smallest absolute Gasteiger partial charge is 0.349 e. The number of hydroxylamine groups is 1. The van der Waals surface area contributed by atoms with Crippen molar-refractivity contribution in [3.8, 4) is 0 Å². The summed E-state index contributed by atoms with van der Waals surface area (Å²) in [7, 11) is 0. The van der Waals surface area contributed by atoms with E-state index < -0.39 is 37.2 Å². The SMILES string of the molecule is O=C1N([C@H]2O[C@@H](CO)[C@H](O)[C@@H]2O)CC=C2N(O)N12. The standard InChI is InChI=1S/C9H13N3O6/c13-3-4-6(14)7(15)8(18-4)10-2-1-5-11(9(10)16)12(5)17/h1,4,6-8,13-15,17H,2-3H2/t4-,6-,7-,8-,11?,12?/m0/s1. The third-order valence-electron chi connectivity index (χ3n) is 3.29. The lowest BCUT2D eigenvalue weighted by Crippen LogP contribution is -2.50. The number of ether oxygens (including phenoxy) is 1. The van der Waals surface area contributed by atoms with Crippen molar-refractivity contribution in [3.05, 3.63) is 11.9 Å². The molecule has 0 radical (unpaired) electrons. The number of fused-ring (bicyclic) bond motifs is 1. The predicted octanol–water partition coefficient (Wildman–Crippen LogP) is -2.38. The topological polar surface area (TPSA) is 116 Å². The van der Waals surface area contributed by atoms with E-state index in [9.17, 15) is 20.2 Å². The van der Waals surface area contributed by atoms with E-state index in [0.717, 1.165) is 5.01 Å². The zero-order valence-corrected chi connectivity index (χ0v) is 9.25. The van der Waals surface area contributed by atoms with Crippen LogP contribution in [0.5, 0.6) is 0 Å². The lowest BCUT2D eigenvalue weighted by molar-refractivity contribution is -0.0869. The zero-order valence-electron chi connectivity index (χ0n) is 9.25. The molecule has 3 aliphatic heterocycles. The molecule has 3 heterocycles. The summed E-state index contributed by atoms with van der Waals surface area (Å²) in [6.45, 7) is -0.304. The van der Waals surface area contributed by atoms with E-state index in [1.54, 1.807) is 6.08 Å². The van der Waals surface area contributed by atoms with Crippen molar-refractivity contribution < 1.29 is 30.1 Å². The van der Waals surface area contributed by atoms with Gasteiger partial charge in [-0.3, -0.25) is 10.1 Å². The fraction of sp³-hybridized carbons (Fsp3) is 0.667. The van der Waals surface area contributed by atoms with Crippen LogP contribution in [0.3, 0.4) is 0 Å². The van der Waals surface area contributed by atoms with Crippen molar-refractivity contribution in [2.24, 2.45) is 0 Å². The van der Waals surface area contributed by atoms with Crippen LogP contribution >= 0.6 is 0 Å². The Bertz CT molecular complexity index is 415. The van der Waals surface area contributed by atoms with E-state index in [1.807, 2.05) is 0 Å². The molecule has 0 aliphatic carbocycles. The molecule has 3 rings (SSSR count). The Hall–Kier alpha value is -1.39. The summed E-state index contributed by atoms with van der Waals surface area (Å²) >= 11 is 0. The van der Waals surface area contributed by atoms with Crippen molar-refractivity contribution >= 4 is 6.03 Å². The molecule has 18 heavy (non-hydrogen) atoms. The van der Waals surface area contributed by atoms with Crippen LogP contribution in [-0.2, 0) is 4.74 Å². The first-order valence-electron chi connectivity index (χ1n) is 5.48. The van der Waals surface area contributed by atoms with E-state index in [1.165, 1.54) is 4.90 Å². The summed E-state index contributed by atoms with van der Waals surface area (Å²) < 4.78 is 5.25. The number of hydrogen-bond acceptors (Lipinski definition) is 7. The molecule has 9 nitrogen and oxygen atoms in total. The van der Waals surface area contributed by atoms with Crippen LogP contribution in [0.1, 0.15) is 0 Å². The molecular weight excluding hydrogens is 246 g/mol. The Balaban J connectivity index is 1.77. The fourth-order valence-electron chi connectivity index (χ4n) is 2.23. The van der Waals surface area contributed by atoms with Gasteiger partial charge in [-0.2, -0.15) is 5.01 Å².